The third-order valence-corrected chi connectivity index (χ3v) is 3.91. The van der Waals surface area contributed by atoms with E-state index in [-0.39, 0.29) is 11.5 Å². The van der Waals surface area contributed by atoms with Gasteiger partial charge in [-0.1, -0.05) is 52.9 Å². The van der Waals surface area contributed by atoms with Crippen LogP contribution in [0.15, 0.2) is 0 Å². The maximum Gasteiger partial charge on any atom is 0.404 e. The van der Waals surface area contributed by atoms with E-state index in [1.54, 1.807) is 0 Å². The average Bonchev–Trinajstić information content (AvgIpc) is 2.26. The van der Waals surface area contributed by atoms with E-state index < -0.39 is 12.2 Å². The minimum Gasteiger partial charge on any atom is -0.465 e. The molecular formula is C15H29NO3. The Balaban J connectivity index is 2.56. The van der Waals surface area contributed by atoms with Crippen LogP contribution in [0.4, 0.5) is 4.79 Å². The zero-order valence-electron chi connectivity index (χ0n) is 12.5. The molecule has 2 atom stereocenters. The van der Waals surface area contributed by atoms with E-state index in [2.05, 4.69) is 26.1 Å². The molecule has 1 rings (SSSR count). The lowest BCUT2D eigenvalue weighted by Gasteiger charge is -2.32. The van der Waals surface area contributed by atoms with Crippen LogP contribution < -0.4 is 5.32 Å². The van der Waals surface area contributed by atoms with Crippen molar-refractivity contribution in [2.45, 2.75) is 77.9 Å². The van der Waals surface area contributed by atoms with E-state index in [0.717, 1.165) is 6.42 Å². The van der Waals surface area contributed by atoms with Crippen LogP contribution >= 0.6 is 0 Å². The highest BCUT2D eigenvalue weighted by atomic mass is 16.4. The van der Waals surface area contributed by atoms with Gasteiger partial charge in [-0.3, -0.25) is 0 Å². The minimum atomic E-state index is -1.03. The van der Waals surface area contributed by atoms with Crippen LogP contribution in [0.1, 0.15) is 65.7 Å². The van der Waals surface area contributed by atoms with Crippen LogP contribution in [0.25, 0.3) is 0 Å². The Morgan fingerprint density at radius 1 is 1.26 bits per heavy atom. The smallest absolute Gasteiger partial charge is 0.404 e. The summed E-state index contributed by atoms with van der Waals surface area (Å²) in [5.41, 5.74) is 0.00438. The van der Waals surface area contributed by atoms with Crippen molar-refractivity contribution in [3.8, 4) is 0 Å². The summed E-state index contributed by atoms with van der Waals surface area (Å²) in [7, 11) is 0. The van der Waals surface area contributed by atoms with Gasteiger partial charge in [-0.2, -0.15) is 0 Å². The molecule has 4 heteroatoms. The number of hydrogen-bond donors (Lipinski definition) is 3. The minimum absolute atomic E-state index is 0.00438. The van der Waals surface area contributed by atoms with Crippen LogP contribution in [-0.2, 0) is 0 Å². The SMILES string of the molecule is CC(C)(C)CC(O)[C@H](CC1CCCCC1)NC(=O)O. The molecule has 112 valence electrons. The monoisotopic (exact) mass is 271 g/mol. The summed E-state index contributed by atoms with van der Waals surface area (Å²) < 4.78 is 0. The molecule has 1 amide bonds. The molecule has 0 aromatic heterocycles. The van der Waals surface area contributed by atoms with Crippen LogP contribution in [0.5, 0.6) is 0 Å². The normalized spacial score (nSPS) is 20.8. The van der Waals surface area contributed by atoms with Crippen molar-refractivity contribution in [3.63, 3.8) is 0 Å². The molecular weight excluding hydrogens is 242 g/mol. The van der Waals surface area contributed by atoms with Crippen molar-refractivity contribution >= 4 is 6.09 Å². The molecule has 0 saturated heterocycles. The summed E-state index contributed by atoms with van der Waals surface area (Å²) >= 11 is 0. The van der Waals surface area contributed by atoms with Crippen molar-refractivity contribution < 1.29 is 15.0 Å². The molecule has 0 aromatic carbocycles. The first-order valence-electron chi connectivity index (χ1n) is 7.45. The van der Waals surface area contributed by atoms with E-state index in [4.69, 9.17) is 5.11 Å². The molecule has 0 radical (unpaired) electrons. The molecule has 19 heavy (non-hydrogen) atoms. The molecule has 4 nitrogen and oxygen atoms in total. The number of aliphatic hydroxyl groups excluding tert-OH is 1. The molecule has 3 N–H and O–H groups in total. The third kappa shape index (κ3) is 6.81. The molecule has 0 spiro atoms. The average molecular weight is 271 g/mol. The van der Waals surface area contributed by atoms with Gasteiger partial charge in [0.2, 0.25) is 0 Å². The Labute approximate surface area is 116 Å². The first kappa shape index (κ1) is 16.3. The highest BCUT2D eigenvalue weighted by molar-refractivity contribution is 5.64. The lowest BCUT2D eigenvalue weighted by Crippen LogP contribution is -2.45. The number of carbonyl (C=O) groups is 1. The number of carboxylic acid groups (broad SMARTS) is 1. The van der Waals surface area contributed by atoms with Crippen molar-refractivity contribution in [1.29, 1.82) is 0 Å². The number of hydrogen-bond acceptors (Lipinski definition) is 2. The molecule has 0 heterocycles. The van der Waals surface area contributed by atoms with Gasteiger partial charge >= 0.3 is 6.09 Å². The zero-order valence-corrected chi connectivity index (χ0v) is 12.5. The predicted octanol–water partition coefficient (Wildman–Crippen LogP) is 3.39. The van der Waals surface area contributed by atoms with Crippen molar-refractivity contribution in [2.24, 2.45) is 11.3 Å². The van der Waals surface area contributed by atoms with E-state index >= 15 is 0 Å². The lowest BCUT2D eigenvalue weighted by atomic mass is 9.80. The Morgan fingerprint density at radius 2 is 1.84 bits per heavy atom. The second-order valence-corrected chi connectivity index (χ2v) is 7.13. The Morgan fingerprint density at radius 3 is 2.32 bits per heavy atom. The summed E-state index contributed by atoms with van der Waals surface area (Å²) in [6.45, 7) is 6.19. The van der Waals surface area contributed by atoms with Gasteiger partial charge in [-0.15, -0.1) is 0 Å². The van der Waals surface area contributed by atoms with Gasteiger partial charge in [0.1, 0.15) is 0 Å². The summed E-state index contributed by atoms with van der Waals surface area (Å²) in [6, 6.07) is -0.333. The summed E-state index contributed by atoms with van der Waals surface area (Å²) in [4.78, 5) is 10.9. The highest BCUT2D eigenvalue weighted by Crippen LogP contribution is 2.30. The van der Waals surface area contributed by atoms with Crippen LogP contribution in [0.2, 0.25) is 0 Å². The van der Waals surface area contributed by atoms with Crippen LogP contribution in [-0.4, -0.2) is 28.5 Å². The van der Waals surface area contributed by atoms with Gasteiger partial charge in [0.15, 0.2) is 0 Å². The first-order chi connectivity index (χ1) is 8.78. The van der Waals surface area contributed by atoms with E-state index in [0.29, 0.717) is 12.3 Å². The third-order valence-electron chi connectivity index (χ3n) is 3.91. The van der Waals surface area contributed by atoms with E-state index in [1.165, 1.54) is 32.1 Å². The van der Waals surface area contributed by atoms with Crippen molar-refractivity contribution in [2.75, 3.05) is 0 Å². The Kier molecular flexibility index (Phi) is 6.11. The molecule has 0 aromatic rings. The second kappa shape index (κ2) is 7.13. The lowest BCUT2D eigenvalue weighted by molar-refractivity contribution is 0.0688. The maximum absolute atomic E-state index is 10.9. The first-order valence-corrected chi connectivity index (χ1v) is 7.45. The Bertz CT molecular complexity index is 280. The van der Waals surface area contributed by atoms with Crippen LogP contribution in [0.3, 0.4) is 0 Å². The van der Waals surface area contributed by atoms with Gasteiger partial charge in [-0.25, -0.2) is 4.79 Å². The highest BCUT2D eigenvalue weighted by Gasteiger charge is 2.28. The van der Waals surface area contributed by atoms with Gasteiger partial charge in [-0.05, 0) is 24.2 Å². The van der Waals surface area contributed by atoms with Gasteiger partial charge < -0.3 is 15.5 Å². The van der Waals surface area contributed by atoms with Crippen LogP contribution in [0, 0.1) is 11.3 Å². The van der Waals surface area contributed by atoms with Crippen molar-refractivity contribution in [1.82, 2.24) is 5.32 Å². The summed E-state index contributed by atoms with van der Waals surface area (Å²) in [5, 5.41) is 21.8. The molecule has 1 aliphatic rings. The quantitative estimate of drug-likeness (QED) is 0.718. The molecule has 1 aliphatic carbocycles. The molecule has 1 saturated carbocycles. The molecule has 1 fully saturated rings. The molecule has 0 aliphatic heterocycles. The Hall–Kier alpha value is -0.770. The standard InChI is InChI=1S/C15H29NO3/c1-15(2,3)10-13(17)12(16-14(18)19)9-11-7-5-4-6-8-11/h11-13,16-17H,4-10H2,1-3H3,(H,18,19)/t12-,13?/m0/s1. The van der Waals surface area contributed by atoms with E-state index in [9.17, 15) is 9.90 Å². The zero-order chi connectivity index (χ0) is 14.5. The largest absolute Gasteiger partial charge is 0.465 e. The number of aliphatic hydroxyl groups is 1. The fourth-order valence-electron chi connectivity index (χ4n) is 3.02. The summed E-state index contributed by atoms with van der Waals surface area (Å²) in [6.07, 6.45) is 5.85. The fraction of sp³-hybridized carbons (Fsp3) is 0.933. The van der Waals surface area contributed by atoms with E-state index in [1.807, 2.05) is 0 Å². The molecule has 0 bridgehead atoms. The number of amides is 1. The van der Waals surface area contributed by atoms with Gasteiger partial charge in [0, 0.05) is 0 Å². The van der Waals surface area contributed by atoms with Gasteiger partial charge in [0.05, 0.1) is 12.1 Å². The fourth-order valence-corrected chi connectivity index (χ4v) is 3.02. The van der Waals surface area contributed by atoms with Gasteiger partial charge in [0.25, 0.3) is 0 Å². The maximum atomic E-state index is 10.9. The predicted molar refractivity (Wildman–Crippen MR) is 76.2 cm³/mol. The number of nitrogens with one attached hydrogen (secondary N) is 1. The second-order valence-electron chi connectivity index (χ2n) is 7.13. The van der Waals surface area contributed by atoms with Crippen molar-refractivity contribution in [3.05, 3.63) is 0 Å². The molecule has 1 unspecified atom stereocenters. The topological polar surface area (TPSA) is 69.6 Å². The number of rotatable bonds is 5. The summed E-state index contributed by atoms with van der Waals surface area (Å²) in [5.74, 6) is 0.556.